The van der Waals surface area contributed by atoms with Crippen LogP contribution in [-0.2, 0) is 11.3 Å². The summed E-state index contributed by atoms with van der Waals surface area (Å²) in [6.07, 6.45) is 14.0. The van der Waals surface area contributed by atoms with Crippen molar-refractivity contribution in [1.82, 2.24) is 15.1 Å². The number of nitrogens with one attached hydrogen (secondary N) is 1. The number of hydrogen-bond acceptors (Lipinski definition) is 2. The second kappa shape index (κ2) is 5.95. The molecule has 1 N–H and O–H groups in total. The van der Waals surface area contributed by atoms with Crippen molar-refractivity contribution >= 4 is 5.91 Å². The Labute approximate surface area is 139 Å². The fourth-order valence-electron chi connectivity index (χ4n) is 5.97. The molecule has 126 valence electrons. The number of aromatic nitrogens is 2. The minimum absolute atomic E-state index is 0.281. The summed E-state index contributed by atoms with van der Waals surface area (Å²) in [5, 5.41) is 7.44. The van der Waals surface area contributed by atoms with Gasteiger partial charge in [-0.1, -0.05) is 0 Å². The van der Waals surface area contributed by atoms with E-state index in [2.05, 4.69) is 23.5 Å². The van der Waals surface area contributed by atoms with Crippen molar-refractivity contribution in [2.24, 2.45) is 23.2 Å². The van der Waals surface area contributed by atoms with E-state index >= 15 is 0 Å². The highest BCUT2D eigenvalue weighted by atomic mass is 16.1. The molecule has 0 atom stereocenters. The zero-order chi connectivity index (χ0) is 15.9. The first-order valence-electron chi connectivity index (χ1n) is 9.36. The molecule has 0 aromatic carbocycles. The maximum Gasteiger partial charge on any atom is 0.220 e. The molecule has 4 aliphatic carbocycles. The molecule has 1 aromatic rings. The second-order valence-corrected chi connectivity index (χ2v) is 8.58. The third kappa shape index (κ3) is 3.31. The van der Waals surface area contributed by atoms with E-state index in [1.54, 1.807) is 0 Å². The van der Waals surface area contributed by atoms with E-state index in [1.807, 2.05) is 10.9 Å². The monoisotopic (exact) mass is 315 g/mol. The molecular formula is C19H29N3O. The third-order valence-electron chi connectivity index (χ3n) is 6.35. The molecule has 0 saturated heterocycles. The average Bonchev–Trinajstić information content (AvgIpc) is 2.87. The molecule has 4 fully saturated rings. The first-order chi connectivity index (χ1) is 11.1. The van der Waals surface area contributed by atoms with Crippen LogP contribution in [0.2, 0.25) is 0 Å². The molecule has 23 heavy (non-hydrogen) atoms. The number of hydrogen-bond donors (Lipinski definition) is 1. The summed E-state index contributed by atoms with van der Waals surface area (Å²) in [4.78, 5) is 12.4. The Morgan fingerprint density at radius 2 is 1.91 bits per heavy atom. The number of aryl methyl sites for hydroxylation is 2. The van der Waals surface area contributed by atoms with Crippen molar-refractivity contribution in [1.29, 1.82) is 0 Å². The van der Waals surface area contributed by atoms with Gasteiger partial charge in [-0.05, 0) is 80.6 Å². The van der Waals surface area contributed by atoms with Gasteiger partial charge in [0.15, 0.2) is 0 Å². The van der Waals surface area contributed by atoms with Gasteiger partial charge in [-0.25, -0.2) is 0 Å². The highest BCUT2D eigenvalue weighted by Crippen LogP contribution is 2.61. The zero-order valence-corrected chi connectivity index (χ0v) is 14.3. The van der Waals surface area contributed by atoms with Crippen LogP contribution in [0, 0.1) is 30.1 Å². The SMILES string of the molecule is Cc1cnn(CCCNC(=O)CC23CC4CC(CC(C4)C2)C3)c1. The first kappa shape index (κ1) is 15.2. The normalized spacial score (nSPS) is 34.7. The fourth-order valence-corrected chi connectivity index (χ4v) is 5.97. The predicted octanol–water partition coefficient (Wildman–Crippen LogP) is 3.30. The van der Waals surface area contributed by atoms with Crippen molar-refractivity contribution in [3.63, 3.8) is 0 Å². The van der Waals surface area contributed by atoms with Crippen LogP contribution in [-0.4, -0.2) is 22.2 Å². The van der Waals surface area contributed by atoms with Gasteiger partial charge < -0.3 is 5.32 Å². The van der Waals surface area contributed by atoms with E-state index in [4.69, 9.17) is 0 Å². The van der Waals surface area contributed by atoms with Gasteiger partial charge in [0.25, 0.3) is 0 Å². The summed E-state index contributed by atoms with van der Waals surface area (Å²) in [7, 11) is 0. The molecule has 1 heterocycles. The van der Waals surface area contributed by atoms with Crippen LogP contribution in [0.5, 0.6) is 0 Å². The largest absolute Gasteiger partial charge is 0.356 e. The molecule has 0 unspecified atom stereocenters. The van der Waals surface area contributed by atoms with Gasteiger partial charge in [0.2, 0.25) is 5.91 Å². The number of amides is 1. The van der Waals surface area contributed by atoms with E-state index in [9.17, 15) is 4.79 Å². The van der Waals surface area contributed by atoms with Gasteiger partial charge >= 0.3 is 0 Å². The highest BCUT2D eigenvalue weighted by Gasteiger charge is 2.51. The Kier molecular flexibility index (Phi) is 3.94. The van der Waals surface area contributed by atoms with Crippen molar-refractivity contribution in [3.05, 3.63) is 18.0 Å². The smallest absolute Gasteiger partial charge is 0.220 e. The molecule has 0 spiro atoms. The second-order valence-electron chi connectivity index (χ2n) is 8.58. The molecule has 4 bridgehead atoms. The summed E-state index contributed by atoms with van der Waals surface area (Å²) in [6.45, 7) is 3.70. The lowest BCUT2D eigenvalue weighted by Gasteiger charge is -2.56. The third-order valence-corrected chi connectivity index (χ3v) is 6.35. The van der Waals surface area contributed by atoms with Crippen LogP contribution in [0.25, 0.3) is 0 Å². The minimum atomic E-state index is 0.281. The van der Waals surface area contributed by atoms with Crippen molar-refractivity contribution in [2.45, 2.75) is 64.8 Å². The van der Waals surface area contributed by atoms with Crippen LogP contribution in [0.4, 0.5) is 0 Å². The van der Waals surface area contributed by atoms with E-state index in [1.165, 1.54) is 44.1 Å². The summed E-state index contributed by atoms with van der Waals surface area (Å²) >= 11 is 0. The quantitative estimate of drug-likeness (QED) is 0.819. The number of rotatable bonds is 6. The lowest BCUT2D eigenvalue weighted by atomic mass is 9.49. The van der Waals surface area contributed by atoms with Gasteiger partial charge in [0, 0.05) is 25.7 Å². The minimum Gasteiger partial charge on any atom is -0.356 e. The molecule has 4 nitrogen and oxygen atoms in total. The number of carbonyl (C=O) groups excluding carboxylic acids is 1. The Balaban J connectivity index is 1.23. The molecule has 1 aromatic heterocycles. The van der Waals surface area contributed by atoms with E-state index in [0.29, 0.717) is 5.41 Å². The molecular weight excluding hydrogens is 286 g/mol. The molecule has 4 saturated carbocycles. The Bertz CT molecular complexity index is 542. The van der Waals surface area contributed by atoms with Gasteiger partial charge in [0.1, 0.15) is 0 Å². The predicted molar refractivity (Wildman–Crippen MR) is 89.8 cm³/mol. The standard InChI is InChI=1S/C19H29N3O/c1-14-12-21-22(13-14)4-2-3-20-18(23)11-19-8-15-5-16(9-19)7-17(6-15)10-19/h12-13,15-17H,2-11H2,1H3,(H,20,23). The van der Waals surface area contributed by atoms with Crippen LogP contribution in [0.1, 0.15) is 56.9 Å². The van der Waals surface area contributed by atoms with Gasteiger partial charge in [-0.15, -0.1) is 0 Å². The zero-order valence-electron chi connectivity index (χ0n) is 14.3. The van der Waals surface area contributed by atoms with Gasteiger partial charge in [-0.3, -0.25) is 9.48 Å². The fraction of sp³-hybridized carbons (Fsp3) is 0.789. The van der Waals surface area contributed by atoms with Crippen LogP contribution in [0.3, 0.4) is 0 Å². The molecule has 5 rings (SSSR count). The summed E-state index contributed by atoms with van der Waals surface area (Å²) in [5.41, 5.74) is 1.55. The lowest BCUT2D eigenvalue weighted by Crippen LogP contribution is -2.48. The van der Waals surface area contributed by atoms with Crippen molar-refractivity contribution in [2.75, 3.05) is 6.54 Å². The molecule has 4 heteroatoms. The Morgan fingerprint density at radius 3 is 2.48 bits per heavy atom. The van der Waals surface area contributed by atoms with Crippen molar-refractivity contribution in [3.8, 4) is 0 Å². The van der Waals surface area contributed by atoms with E-state index in [-0.39, 0.29) is 5.91 Å². The lowest BCUT2D eigenvalue weighted by molar-refractivity contribution is -0.129. The average molecular weight is 315 g/mol. The Hall–Kier alpha value is -1.32. The summed E-state index contributed by atoms with van der Waals surface area (Å²) in [5.74, 6) is 3.06. The summed E-state index contributed by atoms with van der Waals surface area (Å²) < 4.78 is 1.96. The first-order valence-corrected chi connectivity index (χ1v) is 9.36. The molecule has 1 amide bonds. The van der Waals surface area contributed by atoms with Crippen LogP contribution in [0.15, 0.2) is 12.4 Å². The van der Waals surface area contributed by atoms with Crippen molar-refractivity contribution < 1.29 is 4.79 Å². The topological polar surface area (TPSA) is 46.9 Å². The van der Waals surface area contributed by atoms with Gasteiger partial charge in [0.05, 0.1) is 6.20 Å². The highest BCUT2D eigenvalue weighted by molar-refractivity contribution is 5.76. The van der Waals surface area contributed by atoms with E-state index < -0.39 is 0 Å². The maximum absolute atomic E-state index is 12.4. The number of nitrogens with zero attached hydrogens (tertiary/aromatic N) is 2. The number of carbonyl (C=O) groups is 1. The Morgan fingerprint density at radius 1 is 1.26 bits per heavy atom. The van der Waals surface area contributed by atoms with Gasteiger partial charge in [-0.2, -0.15) is 5.10 Å². The molecule has 0 radical (unpaired) electrons. The molecule has 0 aliphatic heterocycles. The maximum atomic E-state index is 12.4. The van der Waals surface area contributed by atoms with E-state index in [0.717, 1.165) is 43.7 Å². The van der Waals surface area contributed by atoms with Crippen LogP contribution < -0.4 is 5.32 Å². The summed E-state index contributed by atoms with van der Waals surface area (Å²) in [6, 6.07) is 0. The van der Waals surface area contributed by atoms with Crippen LogP contribution >= 0.6 is 0 Å². The molecule has 4 aliphatic rings.